The van der Waals surface area contributed by atoms with Gasteiger partial charge in [0.15, 0.2) is 0 Å². The Morgan fingerprint density at radius 2 is 1.90 bits per heavy atom. The zero-order chi connectivity index (χ0) is 22.8. The van der Waals surface area contributed by atoms with Crippen molar-refractivity contribution < 1.29 is 18.7 Å². The topological polar surface area (TPSA) is 73.5 Å². The van der Waals surface area contributed by atoms with Gasteiger partial charge in [-0.1, -0.05) is 27.7 Å². The van der Waals surface area contributed by atoms with E-state index in [2.05, 4.69) is 4.99 Å². The summed E-state index contributed by atoms with van der Waals surface area (Å²) < 4.78 is 29.0. The second kappa shape index (κ2) is 9.15. The minimum atomic E-state index is -1.19. The van der Waals surface area contributed by atoms with Gasteiger partial charge in [0.25, 0.3) is 0 Å². The maximum Gasteiger partial charge on any atom is 0.250 e. The molecule has 160 valence electrons. The van der Waals surface area contributed by atoms with E-state index in [0.717, 1.165) is 23.1 Å². The van der Waals surface area contributed by atoms with Crippen LogP contribution in [0.5, 0.6) is 0 Å². The molecule has 0 unspecified atom stereocenters. The summed E-state index contributed by atoms with van der Waals surface area (Å²) in [5.74, 6) is -1.97. The largest absolute Gasteiger partial charge is 0.385 e. The minimum absolute atomic E-state index is 0.0222. The summed E-state index contributed by atoms with van der Waals surface area (Å²) in [5, 5.41) is 19.3. The van der Waals surface area contributed by atoms with Gasteiger partial charge < -0.3 is 5.11 Å². The lowest BCUT2D eigenvalue weighted by molar-refractivity contribution is -0.117. The third kappa shape index (κ3) is 5.18. The molecule has 0 aliphatic heterocycles. The van der Waals surface area contributed by atoms with Crippen molar-refractivity contribution in [3.05, 3.63) is 55.8 Å². The number of carbonyl (C=O) groups is 1. The molecule has 7 heteroatoms. The molecule has 2 rings (SSSR count). The maximum absolute atomic E-state index is 14.9. The minimum Gasteiger partial charge on any atom is -0.385 e. The lowest BCUT2D eigenvalue weighted by Crippen LogP contribution is -2.13. The molecule has 1 aromatic carbocycles. The van der Waals surface area contributed by atoms with Crippen LogP contribution in [-0.2, 0) is 16.8 Å². The molecule has 30 heavy (non-hydrogen) atoms. The first-order valence-corrected chi connectivity index (χ1v) is 10.5. The standard InChI is InChI=1S/C23H26F2N2O2S/c1-12(2)15-7-14(10-26)22(25)21(13(3)4)16(15)8-20(28)27-11-18-17(24)9-19(30-18)23(5,6)29/h7,9,11-13,29H,8H2,1-6H3. The Labute approximate surface area is 179 Å². The van der Waals surface area contributed by atoms with Crippen molar-refractivity contribution in [3.8, 4) is 6.07 Å². The van der Waals surface area contributed by atoms with Crippen LogP contribution in [0.4, 0.5) is 8.78 Å². The lowest BCUT2D eigenvalue weighted by Gasteiger charge is -2.20. The SMILES string of the molecule is CC(C)c1cc(C#N)c(F)c(C(C)C)c1CC(=O)N=Cc1sc(C(C)(C)O)cc1F. The van der Waals surface area contributed by atoms with Gasteiger partial charge in [-0.25, -0.2) is 13.8 Å². The molecule has 4 nitrogen and oxygen atoms in total. The molecular weight excluding hydrogens is 406 g/mol. The fourth-order valence-corrected chi connectivity index (χ4v) is 4.15. The number of nitrogens with zero attached hydrogens (tertiary/aromatic N) is 2. The molecule has 0 fully saturated rings. The van der Waals surface area contributed by atoms with Gasteiger partial charge >= 0.3 is 0 Å². The number of benzene rings is 1. The molecule has 0 atom stereocenters. The number of aliphatic imine (C=N–C) groups is 1. The number of amides is 1. The highest BCUT2D eigenvalue weighted by molar-refractivity contribution is 7.13. The average molecular weight is 433 g/mol. The first-order valence-electron chi connectivity index (χ1n) is 9.71. The van der Waals surface area contributed by atoms with E-state index < -0.39 is 23.1 Å². The number of rotatable bonds is 6. The van der Waals surface area contributed by atoms with Crippen LogP contribution in [0.25, 0.3) is 0 Å². The van der Waals surface area contributed by atoms with Crippen molar-refractivity contribution in [1.82, 2.24) is 0 Å². The predicted octanol–water partition coefficient (Wildman–Crippen LogP) is 5.56. The molecular formula is C23H26F2N2O2S. The van der Waals surface area contributed by atoms with Gasteiger partial charge in [-0.2, -0.15) is 5.26 Å². The highest BCUT2D eigenvalue weighted by atomic mass is 32.1. The first-order chi connectivity index (χ1) is 13.9. The number of thiophene rings is 1. The van der Waals surface area contributed by atoms with E-state index in [0.29, 0.717) is 16.0 Å². The molecule has 0 saturated heterocycles. The third-order valence-electron chi connectivity index (χ3n) is 4.74. The fraction of sp³-hybridized carbons (Fsp3) is 0.435. The highest BCUT2D eigenvalue weighted by Crippen LogP contribution is 2.33. The molecule has 0 radical (unpaired) electrons. The second-order valence-corrected chi connectivity index (χ2v) is 9.44. The summed E-state index contributed by atoms with van der Waals surface area (Å²) in [4.78, 5) is 17.0. The van der Waals surface area contributed by atoms with E-state index in [1.165, 1.54) is 12.1 Å². The molecule has 0 aliphatic rings. The Bertz CT molecular complexity index is 1030. The Morgan fingerprint density at radius 3 is 2.37 bits per heavy atom. The number of hydrogen-bond donors (Lipinski definition) is 1. The number of halogens is 2. The van der Waals surface area contributed by atoms with Crippen molar-refractivity contribution in [1.29, 1.82) is 5.26 Å². The number of carbonyl (C=O) groups excluding carboxylic acids is 1. The van der Waals surface area contributed by atoms with Crippen LogP contribution in [0.15, 0.2) is 17.1 Å². The van der Waals surface area contributed by atoms with Gasteiger partial charge in [-0.3, -0.25) is 4.79 Å². The monoisotopic (exact) mass is 432 g/mol. The smallest absolute Gasteiger partial charge is 0.250 e. The van der Waals surface area contributed by atoms with Gasteiger partial charge in [0, 0.05) is 4.88 Å². The normalized spacial score (nSPS) is 12.2. The molecule has 1 heterocycles. The molecule has 0 saturated carbocycles. The van der Waals surface area contributed by atoms with Crippen LogP contribution in [0.2, 0.25) is 0 Å². The van der Waals surface area contributed by atoms with Crippen molar-refractivity contribution in [2.45, 2.75) is 65.4 Å². The molecule has 1 N–H and O–H groups in total. The maximum atomic E-state index is 14.9. The zero-order valence-corrected chi connectivity index (χ0v) is 18.8. The van der Waals surface area contributed by atoms with Gasteiger partial charge in [0.05, 0.1) is 28.7 Å². The van der Waals surface area contributed by atoms with Gasteiger partial charge in [-0.15, -0.1) is 11.3 Å². The Balaban J connectivity index is 2.42. The number of aliphatic hydroxyl groups is 1. The van der Waals surface area contributed by atoms with E-state index in [-0.39, 0.29) is 28.7 Å². The molecule has 0 aliphatic carbocycles. The lowest BCUT2D eigenvalue weighted by atomic mass is 9.84. The fourth-order valence-electron chi connectivity index (χ4n) is 3.23. The van der Waals surface area contributed by atoms with Gasteiger partial charge in [0.2, 0.25) is 5.91 Å². The molecule has 1 aromatic heterocycles. The van der Waals surface area contributed by atoms with Gasteiger partial charge in [0.1, 0.15) is 17.7 Å². The van der Waals surface area contributed by atoms with E-state index in [1.54, 1.807) is 27.7 Å². The van der Waals surface area contributed by atoms with Crippen LogP contribution in [0.3, 0.4) is 0 Å². The van der Waals surface area contributed by atoms with Crippen LogP contribution < -0.4 is 0 Å². The quantitative estimate of drug-likeness (QED) is 0.607. The summed E-state index contributed by atoms with van der Waals surface area (Å²) in [5.41, 5.74) is 0.365. The van der Waals surface area contributed by atoms with E-state index in [1.807, 2.05) is 19.9 Å². The molecule has 0 spiro atoms. The van der Waals surface area contributed by atoms with Crippen molar-refractivity contribution in [2.24, 2.45) is 4.99 Å². The summed E-state index contributed by atoms with van der Waals surface area (Å²) in [6.45, 7) is 10.5. The first kappa shape index (κ1) is 23.8. The molecule has 2 aromatic rings. The van der Waals surface area contributed by atoms with Crippen LogP contribution in [-0.4, -0.2) is 17.2 Å². The Morgan fingerprint density at radius 1 is 1.27 bits per heavy atom. The van der Waals surface area contributed by atoms with Crippen molar-refractivity contribution in [3.63, 3.8) is 0 Å². The molecule has 0 bridgehead atoms. The predicted molar refractivity (Wildman–Crippen MR) is 115 cm³/mol. The summed E-state index contributed by atoms with van der Waals surface area (Å²) in [7, 11) is 0. The van der Waals surface area contributed by atoms with Crippen molar-refractivity contribution >= 4 is 23.5 Å². The van der Waals surface area contributed by atoms with Crippen LogP contribution in [0.1, 0.15) is 85.4 Å². The van der Waals surface area contributed by atoms with Crippen LogP contribution >= 0.6 is 11.3 Å². The van der Waals surface area contributed by atoms with Crippen LogP contribution in [0, 0.1) is 23.0 Å². The number of hydrogen-bond acceptors (Lipinski definition) is 4. The summed E-state index contributed by atoms with van der Waals surface area (Å²) in [6, 6.07) is 4.60. The summed E-state index contributed by atoms with van der Waals surface area (Å²) >= 11 is 1.02. The van der Waals surface area contributed by atoms with Gasteiger partial charge in [-0.05, 0) is 54.5 Å². The molecule has 1 amide bonds. The third-order valence-corrected chi connectivity index (χ3v) is 6.09. The van der Waals surface area contributed by atoms with E-state index in [4.69, 9.17) is 0 Å². The average Bonchev–Trinajstić information content (AvgIpc) is 3.00. The highest BCUT2D eigenvalue weighted by Gasteiger charge is 2.24. The number of nitriles is 1. The second-order valence-electron chi connectivity index (χ2n) is 8.35. The Hall–Kier alpha value is -2.43. The Kier molecular flexibility index (Phi) is 7.27. The van der Waals surface area contributed by atoms with E-state index >= 15 is 0 Å². The zero-order valence-electron chi connectivity index (χ0n) is 18.0. The van der Waals surface area contributed by atoms with E-state index in [9.17, 15) is 23.9 Å². The summed E-state index contributed by atoms with van der Waals surface area (Å²) in [6.07, 6.45) is 0.993. The van der Waals surface area contributed by atoms with Crippen molar-refractivity contribution in [2.75, 3.05) is 0 Å².